The van der Waals surface area contributed by atoms with E-state index in [0.29, 0.717) is 18.9 Å². The predicted octanol–water partition coefficient (Wildman–Crippen LogP) is 1.88. The van der Waals surface area contributed by atoms with Gasteiger partial charge in [0.15, 0.2) is 5.69 Å². The van der Waals surface area contributed by atoms with Crippen LogP contribution in [0.25, 0.3) is 0 Å². The number of aromatic nitrogens is 2. The summed E-state index contributed by atoms with van der Waals surface area (Å²) in [5.41, 5.74) is 0.176. The lowest BCUT2D eigenvalue weighted by Gasteiger charge is -2.15. The summed E-state index contributed by atoms with van der Waals surface area (Å²) in [4.78, 5) is 20.5. The minimum Gasteiger partial charge on any atom is -0.480 e. The van der Waals surface area contributed by atoms with Crippen LogP contribution >= 0.6 is 0 Å². The van der Waals surface area contributed by atoms with Crippen LogP contribution in [0.2, 0.25) is 0 Å². The van der Waals surface area contributed by atoms with Crippen LogP contribution in [-0.4, -0.2) is 42.7 Å². The molecule has 1 aromatic heterocycles. The summed E-state index contributed by atoms with van der Waals surface area (Å²) >= 11 is 0. The van der Waals surface area contributed by atoms with Crippen LogP contribution in [-0.2, 0) is 4.74 Å². The highest BCUT2D eigenvalue weighted by Crippen LogP contribution is 2.20. The quantitative estimate of drug-likeness (QED) is 0.670. The van der Waals surface area contributed by atoms with Crippen molar-refractivity contribution in [1.82, 2.24) is 9.97 Å². The number of hydrogen-bond donors (Lipinski definition) is 0. The highest BCUT2D eigenvalue weighted by molar-refractivity contribution is 5.99. The molecule has 106 valence electrons. The molecule has 0 spiro atoms. The topological polar surface area (TPSA) is 70.5 Å². The number of hydrogen-bond acceptors (Lipinski definition) is 6. The fourth-order valence-corrected chi connectivity index (χ4v) is 1.67. The largest absolute Gasteiger partial charge is 0.480 e. The van der Waals surface area contributed by atoms with Gasteiger partial charge in [-0.2, -0.15) is 4.98 Å². The normalized spacial score (nSPS) is 12.0. The van der Waals surface area contributed by atoms with Gasteiger partial charge in [-0.05, 0) is 13.3 Å². The first-order chi connectivity index (χ1) is 9.17. The van der Waals surface area contributed by atoms with Crippen molar-refractivity contribution in [3.63, 3.8) is 0 Å². The first kappa shape index (κ1) is 15.4. The molecular formula is C13H20N2O4. The lowest BCUT2D eigenvalue weighted by Crippen LogP contribution is -2.26. The Balaban J connectivity index is 3.02. The van der Waals surface area contributed by atoms with E-state index in [2.05, 4.69) is 9.97 Å². The number of ether oxygens (including phenoxy) is 3. The van der Waals surface area contributed by atoms with Crippen LogP contribution in [0.15, 0.2) is 6.20 Å². The molecule has 0 aromatic carbocycles. The van der Waals surface area contributed by atoms with E-state index in [1.165, 1.54) is 20.4 Å². The average Bonchev–Trinajstić information content (AvgIpc) is 2.45. The molecule has 6 heteroatoms. The molecule has 0 saturated heterocycles. The van der Waals surface area contributed by atoms with Crippen LogP contribution < -0.4 is 9.47 Å². The zero-order valence-electron chi connectivity index (χ0n) is 11.8. The van der Waals surface area contributed by atoms with Crippen molar-refractivity contribution >= 4 is 5.78 Å². The lowest BCUT2D eigenvalue weighted by atomic mass is 10.1. The standard InChI is InChI=1S/C13H20N2O4/c1-5-7-9(19-6-2)12(16)11-13(18-4)15-10(17-3)8-14-11/h8-9H,5-7H2,1-4H3. The van der Waals surface area contributed by atoms with Gasteiger partial charge in [0.1, 0.15) is 6.10 Å². The van der Waals surface area contributed by atoms with Crippen molar-refractivity contribution in [3.05, 3.63) is 11.9 Å². The van der Waals surface area contributed by atoms with Crippen molar-refractivity contribution in [3.8, 4) is 11.8 Å². The molecule has 1 atom stereocenters. The van der Waals surface area contributed by atoms with Gasteiger partial charge in [-0.1, -0.05) is 13.3 Å². The summed E-state index contributed by atoms with van der Waals surface area (Å²) in [6.45, 7) is 4.32. The number of methoxy groups -OCH3 is 2. The molecule has 0 aliphatic carbocycles. The third-order valence-corrected chi connectivity index (χ3v) is 2.57. The highest BCUT2D eigenvalue weighted by Gasteiger charge is 2.25. The highest BCUT2D eigenvalue weighted by atomic mass is 16.5. The lowest BCUT2D eigenvalue weighted by molar-refractivity contribution is 0.0415. The second-order valence-corrected chi connectivity index (χ2v) is 3.87. The molecule has 0 radical (unpaired) electrons. The van der Waals surface area contributed by atoms with E-state index in [1.807, 2.05) is 13.8 Å². The third-order valence-electron chi connectivity index (χ3n) is 2.57. The second-order valence-electron chi connectivity index (χ2n) is 3.87. The molecule has 0 saturated carbocycles. The van der Waals surface area contributed by atoms with Gasteiger partial charge < -0.3 is 14.2 Å². The zero-order valence-corrected chi connectivity index (χ0v) is 11.8. The van der Waals surface area contributed by atoms with Crippen LogP contribution in [0.1, 0.15) is 37.2 Å². The predicted molar refractivity (Wildman–Crippen MR) is 69.8 cm³/mol. The van der Waals surface area contributed by atoms with Gasteiger partial charge in [0, 0.05) is 6.61 Å². The van der Waals surface area contributed by atoms with Gasteiger partial charge >= 0.3 is 0 Å². The Morgan fingerprint density at radius 3 is 2.58 bits per heavy atom. The van der Waals surface area contributed by atoms with Crippen LogP contribution in [0, 0.1) is 0 Å². The molecule has 0 N–H and O–H groups in total. The maximum Gasteiger partial charge on any atom is 0.246 e. The molecule has 0 aliphatic rings. The molecule has 6 nitrogen and oxygen atoms in total. The van der Waals surface area contributed by atoms with E-state index < -0.39 is 6.10 Å². The number of rotatable bonds is 8. The number of ketones is 1. The third kappa shape index (κ3) is 3.89. The van der Waals surface area contributed by atoms with Crippen LogP contribution in [0.4, 0.5) is 0 Å². The molecule has 1 unspecified atom stereocenters. The maximum atomic E-state index is 12.4. The van der Waals surface area contributed by atoms with Crippen LogP contribution in [0.5, 0.6) is 11.8 Å². The number of Topliss-reactive ketones (excluding diaryl/α,β-unsaturated/α-hetero) is 1. The van der Waals surface area contributed by atoms with E-state index in [1.54, 1.807) is 0 Å². The van der Waals surface area contributed by atoms with Crippen LogP contribution in [0.3, 0.4) is 0 Å². The minimum absolute atomic E-state index is 0.158. The zero-order chi connectivity index (χ0) is 14.3. The Hall–Kier alpha value is -1.69. The summed E-state index contributed by atoms with van der Waals surface area (Å²) in [5.74, 6) is 0.248. The summed E-state index contributed by atoms with van der Waals surface area (Å²) in [5, 5.41) is 0. The average molecular weight is 268 g/mol. The molecule has 0 amide bonds. The summed E-state index contributed by atoms with van der Waals surface area (Å²) < 4.78 is 15.5. The minimum atomic E-state index is -0.508. The monoisotopic (exact) mass is 268 g/mol. The molecular weight excluding hydrogens is 248 g/mol. The van der Waals surface area contributed by atoms with Gasteiger partial charge in [0.05, 0.1) is 20.4 Å². The molecule has 1 aromatic rings. The molecule has 0 fully saturated rings. The number of nitrogens with zero attached hydrogens (tertiary/aromatic N) is 2. The van der Waals surface area contributed by atoms with Crippen molar-refractivity contribution in [2.24, 2.45) is 0 Å². The van der Waals surface area contributed by atoms with E-state index >= 15 is 0 Å². The number of carbonyl (C=O) groups is 1. The summed E-state index contributed by atoms with van der Waals surface area (Å²) in [7, 11) is 2.92. The van der Waals surface area contributed by atoms with Gasteiger partial charge in [-0.15, -0.1) is 0 Å². The Kier molecular flexibility index (Phi) is 6.21. The molecule has 0 bridgehead atoms. The van der Waals surface area contributed by atoms with E-state index in [4.69, 9.17) is 14.2 Å². The second kappa shape index (κ2) is 7.68. The molecule has 1 heterocycles. The van der Waals surface area contributed by atoms with Crippen molar-refractivity contribution in [2.75, 3.05) is 20.8 Å². The molecule has 1 rings (SSSR count). The van der Waals surface area contributed by atoms with Crippen molar-refractivity contribution < 1.29 is 19.0 Å². The SMILES string of the molecule is CCCC(OCC)C(=O)c1ncc(OC)nc1OC. The first-order valence-electron chi connectivity index (χ1n) is 6.28. The Morgan fingerprint density at radius 2 is 2.05 bits per heavy atom. The van der Waals surface area contributed by atoms with Crippen molar-refractivity contribution in [2.45, 2.75) is 32.8 Å². The summed E-state index contributed by atoms with van der Waals surface area (Å²) in [6, 6.07) is 0. The van der Waals surface area contributed by atoms with E-state index in [0.717, 1.165) is 6.42 Å². The fourth-order valence-electron chi connectivity index (χ4n) is 1.67. The fraction of sp³-hybridized carbons (Fsp3) is 0.615. The Labute approximate surface area is 113 Å². The first-order valence-corrected chi connectivity index (χ1v) is 6.28. The molecule has 19 heavy (non-hydrogen) atoms. The number of carbonyl (C=O) groups excluding carboxylic acids is 1. The molecule has 0 aliphatic heterocycles. The maximum absolute atomic E-state index is 12.4. The smallest absolute Gasteiger partial charge is 0.246 e. The van der Waals surface area contributed by atoms with Gasteiger partial charge in [0.2, 0.25) is 17.5 Å². The van der Waals surface area contributed by atoms with E-state index in [9.17, 15) is 4.79 Å². The van der Waals surface area contributed by atoms with Gasteiger partial charge in [-0.3, -0.25) is 4.79 Å². The van der Waals surface area contributed by atoms with Crippen molar-refractivity contribution in [1.29, 1.82) is 0 Å². The Bertz CT molecular complexity index is 417. The van der Waals surface area contributed by atoms with Gasteiger partial charge in [0.25, 0.3) is 0 Å². The van der Waals surface area contributed by atoms with E-state index in [-0.39, 0.29) is 17.4 Å². The summed E-state index contributed by atoms with van der Waals surface area (Å²) in [6.07, 6.45) is 2.38. The Morgan fingerprint density at radius 1 is 1.32 bits per heavy atom. The van der Waals surface area contributed by atoms with Gasteiger partial charge in [-0.25, -0.2) is 4.98 Å².